The number of ether oxygens (including phenoxy) is 1. The fourth-order valence-electron chi connectivity index (χ4n) is 3.00. The molecule has 1 aliphatic heterocycles. The summed E-state index contributed by atoms with van der Waals surface area (Å²) in [5.41, 5.74) is 0.702. The molecule has 1 fully saturated rings. The van der Waals surface area contributed by atoms with E-state index in [0.29, 0.717) is 37.6 Å². The Hall–Kier alpha value is -2.39. The lowest BCUT2D eigenvalue weighted by Gasteiger charge is -2.36. The summed E-state index contributed by atoms with van der Waals surface area (Å²) in [6, 6.07) is 4.41. The van der Waals surface area contributed by atoms with Crippen molar-refractivity contribution in [1.29, 1.82) is 0 Å². The zero-order valence-corrected chi connectivity index (χ0v) is 15.2. The number of carbonyl (C=O) groups excluding carboxylic acids is 1. The molecule has 1 aromatic carbocycles. The highest BCUT2D eigenvalue weighted by Gasteiger charge is 2.22. The van der Waals surface area contributed by atoms with E-state index in [4.69, 9.17) is 4.74 Å². The molecule has 0 saturated carbocycles. The minimum atomic E-state index is -0.348. The number of Topliss-reactive ketones (excluding diaryl/α,β-unsaturated/α-hetero) is 1. The number of methoxy groups -OCH3 is 1. The maximum atomic E-state index is 13.5. The van der Waals surface area contributed by atoms with Crippen LogP contribution in [0.25, 0.3) is 0 Å². The first-order valence-electron chi connectivity index (χ1n) is 8.18. The SMILES string of the molecule is COc1ccc(F)cc1N1CCN(CC(=O)Cn2c(O)csc2=O)CC1. The Balaban J connectivity index is 1.56. The fourth-order valence-corrected chi connectivity index (χ4v) is 3.62. The molecule has 1 saturated heterocycles. The van der Waals surface area contributed by atoms with E-state index in [-0.39, 0.29) is 35.4 Å². The zero-order chi connectivity index (χ0) is 18.7. The Bertz CT molecular complexity index is 843. The number of aromatic nitrogens is 1. The van der Waals surface area contributed by atoms with Crippen molar-refractivity contribution in [3.8, 4) is 11.6 Å². The molecule has 1 aromatic heterocycles. The van der Waals surface area contributed by atoms with Crippen molar-refractivity contribution in [3.63, 3.8) is 0 Å². The third-order valence-electron chi connectivity index (χ3n) is 4.35. The van der Waals surface area contributed by atoms with Crippen LogP contribution in [-0.2, 0) is 11.3 Å². The van der Waals surface area contributed by atoms with Crippen molar-refractivity contribution in [2.75, 3.05) is 44.7 Å². The zero-order valence-electron chi connectivity index (χ0n) is 14.4. The highest BCUT2D eigenvalue weighted by molar-refractivity contribution is 7.07. The Morgan fingerprint density at radius 2 is 2.00 bits per heavy atom. The summed E-state index contributed by atoms with van der Waals surface area (Å²) in [4.78, 5) is 27.4. The van der Waals surface area contributed by atoms with Gasteiger partial charge >= 0.3 is 4.87 Å². The Labute approximate surface area is 153 Å². The molecule has 2 heterocycles. The number of hydrogen-bond donors (Lipinski definition) is 1. The molecule has 7 nitrogen and oxygen atoms in total. The number of aromatic hydroxyl groups is 1. The summed E-state index contributed by atoms with van der Waals surface area (Å²) in [5.74, 6) is -0.0309. The van der Waals surface area contributed by atoms with E-state index in [9.17, 15) is 19.1 Å². The first-order valence-corrected chi connectivity index (χ1v) is 9.05. The molecule has 0 aliphatic carbocycles. The van der Waals surface area contributed by atoms with Gasteiger partial charge in [0.2, 0.25) is 5.88 Å². The predicted octanol–water partition coefficient (Wildman–Crippen LogP) is 1.15. The van der Waals surface area contributed by atoms with Crippen molar-refractivity contribution in [3.05, 3.63) is 39.1 Å². The van der Waals surface area contributed by atoms with Gasteiger partial charge in [0.1, 0.15) is 11.6 Å². The molecule has 3 rings (SSSR count). The Morgan fingerprint density at radius 1 is 1.27 bits per heavy atom. The summed E-state index contributed by atoms with van der Waals surface area (Å²) in [5, 5.41) is 10.9. The summed E-state index contributed by atoms with van der Waals surface area (Å²) in [6.45, 7) is 2.61. The number of ketones is 1. The van der Waals surface area contributed by atoms with E-state index in [1.54, 1.807) is 13.2 Å². The first kappa shape index (κ1) is 18.4. The maximum absolute atomic E-state index is 13.5. The largest absolute Gasteiger partial charge is 0.495 e. The van der Waals surface area contributed by atoms with Crippen LogP contribution in [0.2, 0.25) is 0 Å². The molecule has 26 heavy (non-hydrogen) atoms. The van der Waals surface area contributed by atoms with Crippen LogP contribution in [-0.4, -0.2) is 60.2 Å². The minimum absolute atomic E-state index is 0.133. The highest BCUT2D eigenvalue weighted by Crippen LogP contribution is 2.29. The van der Waals surface area contributed by atoms with Gasteiger partial charge in [0.25, 0.3) is 0 Å². The van der Waals surface area contributed by atoms with Crippen molar-refractivity contribution < 1.29 is 19.0 Å². The van der Waals surface area contributed by atoms with Gasteiger partial charge in [-0.05, 0) is 12.1 Å². The number of nitrogens with zero attached hydrogens (tertiary/aromatic N) is 3. The number of rotatable bonds is 6. The smallest absolute Gasteiger partial charge is 0.310 e. The van der Waals surface area contributed by atoms with Crippen LogP contribution >= 0.6 is 11.3 Å². The van der Waals surface area contributed by atoms with Gasteiger partial charge in [0, 0.05) is 32.2 Å². The van der Waals surface area contributed by atoms with Gasteiger partial charge in [-0.3, -0.25) is 19.1 Å². The van der Waals surface area contributed by atoms with Crippen molar-refractivity contribution in [1.82, 2.24) is 9.47 Å². The number of hydrogen-bond acceptors (Lipinski definition) is 7. The van der Waals surface area contributed by atoms with E-state index >= 15 is 0 Å². The topological polar surface area (TPSA) is 75.0 Å². The Kier molecular flexibility index (Phi) is 5.58. The molecule has 0 bridgehead atoms. The number of thiazole rings is 1. The molecule has 9 heteroatoms. The molecule has 0 spiro atoms. The van der Waals surface area contributed by atoms with Crippen LogP contribution < -0.4 is 14.5 Å². The minimum Gasteiger partial charge on any atom is -0.495 e. The number of benzene rings is 1. The van der Waals surface area contributed by atoms with Gasteiger partial charge in [-0.1, -0.05) is 11.3 Å². The molecule has 0 unspecified atom stereocenters. The average Bonchev–Trinajstić information content (AvgIpc) is 2.94. The van der Waals surface area contributed by atoms with Crippen LogP contribution in [0.4, 0.5) is 10.1 Å². The molecule has 1 aliphatic rings. The lowest BCUT2D eigenvalue weighted by Crippen LogP contribution is -2.48. The van der Waals surface area contributed by atoms with Crippen LogP contribution in [0.3, 0.4) is 0 Å². The second-order valence-electron chi connectivity index (χ2n) is 6.06. The van der Waals surface area contributed by atoms with E-state index in [1.807, 2.05) is 9.80 Å². The van der Waals surface area contributed by atoms with Crippen LogP contribution in [0, 0.1) is 5.82 Å². The Morgan fingerprint density at radius 3 is 2.62 bits per heavy atom. The summed E-state index contributed by atoms with van der Waals surface area (Å²) in [6.07, 6.45) is 0. The van der Waals surface area contributed by atoms with Gasteiger partial charge in [0.15, 0.2) is 5.78 Å². The molecule has 2 aromatic rings. The molecular weight excluding hydrogens is 361 g/mol. The van der Waals surface area contributed by atoms with Crippen molar-refractivity contribution in [2.24, 2.45) is 0 Å². The molecule has 0 radical (unpaired) electrons. The molecule has 1 N–H and O–H groups in total. The second kappa shape index (κ2) is 7.88. The quantitative estimate of drug-likeness (QED) is 0.809. The van der Waals surface area contributed by atoms with Gasteiger partial charge in [-0.25, -0.2) is 4.39 Å². The normalized spacial score (nSPS) is 15.2. The van der Waals surface area contributed by atoms with E-state index in [2.05, 4.69) is 0 Å². The van der Waals surface area contributed by atoms with Gasteiger partial charge in [-0.15, -0.1) is 0 Å². The third-order valence-corrected chi connectivity index (χ3v) is 5.10. The number of halogens is 1. The molecule has 0 amide bonds. The second-order valence-corrected chi connectivity index (χ2v) is 6.88. The molecule has 0 atom stereocenters. The van der Waals surface area contributed by atoms with Crippen LogP contribution in [0.1, 0.15) is 0 Å². The van der Waals surface area contributed by atoms with E-state index < -0.39 is 0 Å². The molecular formula is C17H20FN3O4S. The summed E-state index contributed by atoms with van der Waals surface area (Å²) in [7, 11) is 1.55. The lowest BCUT2D eigenvalue weighted by atomic mass is 10.2. The summed E-state index contributed by atoms with van der Waals surface area (Å²) >= 11 is 0.864. The van der Waals surface area contributed by atoms with Crippen LogP contribution in [0.5, 0.6) is 11.6 Å². The first-order chi connectivity index (χ1) is 12.5. The number of anilines is 1. The third kappa shape index (κ3) is 4.05. The predicted molar refractivity (Wildman–Crippen MR) is 96.9 cm³/mol. The van der Waals surface area contributed by atoms with Crippen LogP contribution in [0.15, 0.2) is 28.4 Å². The maximum Gasteiger partial charge on any atom is 0.310 e. The van der Waals surface area contributed by atoms with Crippen molar-refractivity contribution >= 4 is 22.8 Å². The fraction of sp³-hybridized carbons (Fsp3) is 0.412. The monoisotopic (exact) mass is 381 g/mol. The van der Waals surface area contributed by atoms with Gasteiger partial charge < -0.3 is 14.7 Å². The number of piperazine rings is 1. The average molecular weight is 381 g/mol. The number of carbonyl (C=O) groups is 1. The summed E-state index contributed by atoms with van der Waals surface area (Å²) < 4.78 is 19.9. The van der Waals surface area contributed by atoms with Crippen molar-refractivity contribution in [2.45, 2.75) is 6.54 Å². The van der Waals surface area contributed by atoms with Gasteiger partial charge in [-0.2, -0.15) is 0 Å². The standard InChI is InChI=1S/C17H20FN3O4S/c1-25-15-3-2-12(18)8-14(15)20-6-4-19(5-7-20)9-13(22)10-21-16(23)11-26-17(21)24/h2-3,8,11,23H,4-7,9-10H2,1H3. The van der Waals surface area contributed by atoms with E-state index in [1.165, 1.54) is 17.5 Å². The highest BCUT2D eigenvalue weighted by atomic mass is 32.1. The lowest BCUT2D eigenvalue weighted by molar-refractivity contribution is -0.121. The van der Waals surface area contributed by atoms with Gasteiger partial charge in [0.05, 0.1) is 31.3 Å². The van der Waals surface area contributed by atoms with E-state index in [0.717, 1.165) is 15.9 Å². The molecule has 140 valence electrons.